The SMILES string of the molecule is O=C(CNC(=O)c1ccc(Cl)cc1Cl)NCC(=O)OCC(=O)c1ccc2c(c1)CCC(=O)N2. The minimum Gasteiger partial charge on any atom is -0.456 e. The van der Waals surface area contributed by atoms with Crippen molar-refractivity contribution in [2.45, 2.75) is 12.8 Å². The van der Waals surface area contributed by atoms with Gasteiger partial charge in [-0.3, -0.25) is 24.0 Å². The maximum absolute atomic E-state index is 12.3. The number of nitrogens with one attached hydrogen (secondary N) is 3. The Morgan fingerprint density at radius 3 is 2.52 bits per heavy atom. The number of ether oxygens (including phenoxy) is 1. The van der Waals surface area contributed by atoms with Crippen molar-refractivity contribution < 1.29 is 28.7 Å². The molecule has 3 rings (SSSR count). The molecule has 0 unspecified atom stereocenters. The molecule has 3 amide bonds. The van der Waals surface area contributed by atoms with E-state index in [1.54, 1.807) is 12.1 Å². The third-order valence-corrected chi connectivity index (χ3v) is 5.25. The molecule has 0 saturated carbocycles. The maximum Gasteiger partial charge on any atom is 0.325 e. The van der Waals surface area contributed by atoms with E-state index in [4.69, 9.17) is 27.9 Å². The summed E-state index contributed by atoms with van der Waals surface area (Å²) in [6.07, 6.45) is 0.862. The summed E-state index contributed by atoms with van der Waals surface area (Å²) in [5, 5.41) is 7.88. The molecule has 1 aliphatic heterocycles. The van der Waals surface area contributed by atoms with Crippen molar-refractivity contribution >= 4 is 58.4 Å². The zero-order valence-electron chi connectivity index (χ0n) is 17.2. The van der Waals surface area contributed by atoms with Crippen LogP contribution in [-0.4, -0.2) is 49.2 Å². The van der Waals surface area contributed by atoms with E-state index in [1.165, 1.54) is 24.3 Å². The number of carbonyl (C=O) groups is 5. The van der Waals surface area contributed by atoms with Gasteiger partial charge in [0, 0.05) is 22.7 Å². The molecule has 0 radical (unpaired) electrons. The van der Waals surface area contributed by atoms with Crippen LogP contribution in [0.1, 0.15) is 32.7 Å². The lowest BCUT2D eigenvalue weighted by molar-refractivity contribution is -0.142. The highest BCUT2D eigenvalue weighted by molar-refractivity contribution is 6.36. The second kappa shape index (κ2) is 10.9. The molecule has 9 nitrogen and oxygen atoms in total. The van der Waals surface area contributed by atoms with Crippen LogP contribution in [0.3, 0.4) is 0 Å². The molecule has 0 atom stereocenters. The molecule has 172 valence electrons. The highest BCUT2D eigenvalue weighted by Gasteiger charge is 2.18. The molecular weight excluding hydrogens is 473 g/mol. The van der Waals surface area contributed by atoms with E-state index in [0.29, 0.717) is 29.1 Å². The Bertz CT molecular complexity index is 1140. The number of anilines is 1. The summed E-state index contributed by atoms with van der Waals surface area (Å²) < 4.78 is 4.90. The van der Waals surface area contributed by atoms with Crippen LogP contribution in [0.4, 0.5) is 5.69 Å². The van der Waals surface area contributed by atoms with Crippen molar-refractivity contribution in [2.75, 3.05) is 25.0 Å². The molecule has 0 spiro atoms. The predicted octanol–water partition coefficient (Wildman–Crippen LogP) is 2.15. The lowest BCUT2D eigenvalue weighted by Crippen LogP contribution is -2.39. The number of carbonyl (C=O) groups excluding carboxylic acids is 5. The Morgan fingerprint density at radius 2 is 1.76 bits per heavy atom. The molecule has 33 heavy (non-hydrogen) atoms. The van der Waals surface area contributed by atoms with Crippen LogP contribution in [0.2, 0.25) is 10.0 Å². The first-order valence-corrected chi connectivity index (χ1v) is 10.6. The molecule has 11 heteroatoms. The number of ketones is 1. The summed E-state index contributed by atoms with van der Waals surface area (Å²) in [6, 6.07) is 9.14. The van der Waals surface area contributed by atoms with Crippen molar-refractivity contribution in [3.63, 3.8) is 0 Å². The fraction of sp³-hybridized carbons (Fsp3) is 0.227. The summed E-state index contributed by atoms with van der Waals surface area (Å²) in [4.78, 5) is 59.4. The van der Waals surface area contributed by atoms with Gasteiger partial charge in [-0.2, -0.15) is 0 Å². The zero-order valence-corrected chi connectivity index (χ0v) is 18.7. The van der Waals surface area contributed by atoms with E-state index in [0.717, 1.165) is 5.56 Å². The fourth-order valence-corrected chi connectivity index (χ4v) is 3.49. The average Bonchev–Trinajstić information content (AvgIpc) is 2.79. The number of aryl methyl sites for hydroxylation is 1. The van der Waals surface area contributed by atoms with Gasteiger partial charge in [-0.1, -0.05) is 23.2 Å². The lowest BCUT2D eigenvalue weighted by atomic mass is 9.99. The van der Waals surface area contributed by atoms with Gasteiger partial charge in [0.25, 0.3) is 5.91 Å². The second-order valence-electron chi connectivity index (χ2n) is 7.09. The Hall–Kier alpha value is -3.43. The molecule has 2 aromatic rings. The maximum atomic E-state index is 12.3. The quantitative estimate of drug-likeness (QED) is 0.383. The summed E-state index contributed by atoms with van der Waals surface area (Å²) in [7, 11) is 0. The van der Waals surface area contributed by atoms with Gasteiger partial charge in [-0.05, 0) is 48.4 Å². The molecule has 3 N–H and O–H groups in total. The van der Waals surface area contributed by atoms with Crippen LogP contribution < -0.4 is 16.0 Å². The van der Waals surface area contributed by atoms with Crippen molar-refractivity contribution in [3.05, 3.63) is 63.1 Å². The molecule has 0 saturated heterocycles. The molecular formula is C22H19Cl2N3O6. The van der Waals surface area contributed by atoms with Crippen molar-refractivity contribution in [3.8, 4) is 0 Å². The molecule has 0 bridgehead atoms. The topological polar surface area (TPSA) is 131 Å². The zero-order chi connectivity index (χ0) is 24.0. The van der Waals surface area contributed by atoms with Gasteiger partial charge in [-0.25, -0.2) is 0 Å². The van der Waals surface area contributed by atoms with Crippen LogP contribution in [-0.2, 0) is 25.5 Å². The fourth-order valence-electron chi connectivity index (χ4n) is 3.00. The lowest BCUT2D eigenvalue weighted by Gasteiger charge is -2.17. The normalized spacial score (nSPS) is 12.2. The van der Waals surface area contributed by atoms with Gasteiger partial charge in [0.2, 0.25) is 11.8 Å². The summed E-state index contributed by atoms with van der Waals surface area (Å²) >= 11 is 11.7. The third kappa shape index (κ3) is 6.77. The monoisotopic (exact) mass is 491 g/mol. The minimum absolute atomic E-state index is 0.0779. The smallest absolute Gasteiger partial charge is 0.325 e. The second-order valence-corrected chi connectivity index (χ2v) is 7.93. The molecule has 0 aromatic heterocycles. The number of rotatable bonds is 8. The van der Waals surface area contributed by atoms with E-state index in [1.807, 2.05) is 0 Å². The Labute approximate surface area is 198 Å². The molecule has 2 aromatic carbocycles. The van der Waals surface area contributed by atoms with Gasteiger partial charge in [0.15, 0.2) is 12.4 Å². The number of esters is 1. The summed E-state index contributed by atoms with van der Waals surface area (Å²) in [5.41, 5.74) is 2.00. The third-order valence-electron chi connectivity index (χ3n) is 4.70. The van der Waals surface area contributed by atoms with Gasteiger partial charge >= 0.3 is 5.97 Å². The van der Waals surface area contributed by atoms with Crippen LogP contribution >= 0.6 is 23.2 Å². The highest BCUT2D eigenvalue weighted by atomic mass is 35.5. The molecule has 1 heterocycles. The number of halogens is 2. The average molecular weight is 492 g/mol. The first kappa shape index (κ1) is 24.2. The van der Waals surface area contributed by atoms with Gasteiger partial charge in [-0.15, -0.1) is 0 Å². The summed E-state index contributed by atoms with van der Waals surface area (Å²) in [6.45, 7) is -1.36. The van der Waals surface area contributed by atoms with Crippen LogP contribution in [0.5, 0.6) is 0 Å². The number of Topliss-reactive ketones (excluding diaryl/α,β-unsaturated/α-hetero) is 1. The number of hydrogen-bond donors (Lipinski definition) is 3. The van der Waals surface area contributed by atoms with Crippen LogP contribution in [0, 0.1) is 0 Å². The van der Waals surface area contributed by atoms with E-state index in [-0.39, 0.29) is 16.5 Å². The molecule has 0 fully saturated rings. The Kier molecular flexibility index (Phi) is 8.02. The molecule has 0 aliphatic carbocycles. The van der Waals surface area contributed by atoms with Crippen LogP contribution in [0.15, 0.2) is 36.4 Å². The number of fused-ring (bicyclic) bond motifs is 1. The standard InChI is InChI=1S/C22H19Cl2N3O6/c23-14-3-4-15(16(24)8-14)22(32)26-9-20(30)25-10-21(31)33-11-18(28)13-1-5-17-12(7-13)2-6-19(29)27-17/h1,3-5,7-8H,2,6,9-11H2,(H,25,30)(H,26,32)(H,27,29). The van der Waals surface area contributed by atoms with Crippen molar-refractivity contribution in [2.24, 2.45) is 0 Å². The van der Waals surface area contributed by atoms with E-state index >= 15 is 0 Å². The number of amides is 3. The largest absolute Gasteiger partial charge is 0.456 e. The van der Waals surface area contributed by atoms with Gasteiger partial charge < -0.3 is 20.7 Å². The van der Waals surface area contributed by atoms with Gasteiger partial charge in [0.1, 0.15) is 6.54 Å². The predicted molar refractivity (Wildman–Crippen MR) is 120 cm³/mol. The van der Waals surface area contributed by atoms with Crippen LogP contribution in [0.25, 0.3) is 0 Å². The van der Waals surface area contributed by atoms with E-state index in [2.05, 4.69) is 16.0 Å². The van der Waals surface area contributed by atoms with Crippen molar-refractivity contribution in [1.29, 1.82) is 0 Å². The summed E-state index contributed by atoms with van der Waals surface area (Å²) in [5.74, 6) is -2.51. The first-order chi connectivity index (χ1) is 15.7. The van der Waals surface area contributed by atoms with Gasteiger partial charge in [0.05, 0.1) is 17.1 Å². The molecule has 1 aliphatic rings. The minimum atomic E-state index is -0.811. The number of benzene rings is 2. The first-order valence-electron chi connectivity index (χ1n) is 9.84. The van der Waals surface area contributed by atoms with Crippen molar-refractivity contribution in [1.82, 2.24) is 10.6 Å². The Balaban J connectivity index is 1.39. The highest BCUT2D eigenvalue weighted by Crippen LogP contribution is 2.24. The van der Waals surface area contributed by atoms with E-state index in [9.17, 15) is 24.0 Å². The number of hydrogen-bond acceptors (Lipinski definition) is 6. The van der Waals surface area contributed by atoms with E-state index < -0.39 is 43.3 Å². The Morgan fingerprint density at radius 1 is 0.970 bits per heavy atom.